The van der Waals surface area contributed by atoms with Gasteiger partial charge in [0.25, 0.3) is 0 Å². The Bertz CT molecular complexity index is 387. The summed E-state index contributed by atoms with van der Waals surface area (Å²) in [5.41, 5.74) is 3.78. The van der Waals surface area contributed by atoms with Crippen molar-refractivity contribution in [1.29, 1.82) is 0 Å². The molecule has 2 nitrogen and oxygen atoms in total. The van der Waals surface area contributed by atoms with Crippen LogP contribution in [-0.4, -0.2) is 23.9 Å². The summed E-state index contributed by atoms with van der Waals surface area (Å²) in [6, 6.07) is 6.39. The third kappa shape index (κ3) is 2.88. The maximum absolute atomic E-state index is 10.2. The fourth-order valence-corrected chi connectivity index (χ4v) is 2.50. The minimum absolute atomic E-state index is 0.0107. The molecule has 3 atom stereocenters. The summed E-state index contributed by atoms with van der Waals surface area (Å²) in [5, 5.41) is 10.2. The molecule has 0 spiro atoms. The lowest BCUT2D eigenvalue weighted by atomic mass is 9.94. The highest BCUT2D eigenvalue weighted by Crippen LogP contribution is 2.25. The van der Waals surface area contributed by atoms with E-state index in [4.69, 9.17) is 4.74 Å². The number of benzene rings is 1. The van der Waals surface area contributed by atoms with Crippen molar-refractivity contribution in [3.63, 3.8) is 0 Å². The molecule has 0 amide bonds. The van der Waals surface area contributed by atoms with E-state index in [1.807, 2.05) is 0 Å². The van der Waals surface area contributed by atoms with E-state index in [1.54, 1.807) is 0 Å². The van der Waals surface area contributed by atoms with Crippen LogP contribution in [0.5, 0.6) is 0 Å². The lowest BCUT2D eigenvalue weighted by Gasteiger charge is -2.21. The first-order chi connectivity index (χ1) is 8.08. The van der Waals surface area contributed by atoms with Gasteiger partial charge in [0.1, 0.15) is 0 Å². The van der Waals surface area contributed by atoms with Gasteiger partial charge in [-0.2, -0.15) is 0 Å². The van der Waals surface area contributed by atoms with E-state index < -0.39 is 0 Å². The van der Waals surface area contributed by atoms with Crippen molar-refractivity contribution in [1.82, 2.24) is 0 Å². The van der Waals surface area contributed by atoms with Crippen molar-refractivity contribution in [2.24, 2.45) is 5.92 Å². The molecule has 1 saturated heterocycles. The van der Waals surface area contributed by atoms with Gasteiger partial charge in [0, 0.05) is 13.0 Å². The third-order valence-electron chi connectivity index (χ3n) is 3.84. The smallest absolute Gasteiger partial charge is 0.0863 e. The number of rotatable bonds is 3. The van der Waals surface area contributed by atoms with Gasteiger partial charge in [0.2, 0.25) is 0 Å². The molecule has 2 rings (SSSR count). The van der Waals surface area contributed by atoms with Crippen molar-refractivity contribution in [2.45, 2.75) is 45.8 Å². The largest absolute Gasteiger partial charge is 0.390 e. The van der Waals surface area contributed by atoms with E-state index in [2.05, 4.69) is 39.0 Å². The molecule has 1 heterocycles. The van der Waals surface area contributed by atoms with Gasteiger partial charge >= 0.3 is 0 Å². The summed E-state index contributed by atoms with van der Waals surface area (Å²) in [7, 11) is 0. The van der Waals surface area contributed by atoms with Crippen LogP contribution in [0.1, 0.15) is 30.0 Å². The topological polar surface area (TPSA) is 29.5 Å². The normalized spacial score (nSPS) is 26.1. The Labute approximate surface area is 104 Å². The predicted molar refractivity (Wildman–Crippen MR) is 69.1 cm³/mol. The van der Waals surface area contributed by atoms with Crippen LogP contribution >= 0.6 is 0 Å². The first-order valence-electron chi connectivity index (χ1n) is 6.43. The second kappa shape index (κ2) is 5.19. The molecule has 1 aliphatic heterocycles. The van der Waals surface area contributed by atoms with E-state index in [0.29, 0.717) is 12.3 Å². The zero-order valence-corrected chi connectivity index (χ0v) is 10.9. The summed E-state index contributed by atoms with van der Waals surface area (Å²) in [6.45, 7) is 7.16. The molecule has 0 aliphatic carbocycles. The number of hydrogen-bond donors (Lipinski definition) is 1. The molecule has 0 saturated carbocycles. The first kappa shape index (κ1) is 12.6. The van der Waals surface area contributed by atoms with Crippen LogP contribution in [0.15, 0.2) is 18.2 Å². The van der Waals surface area contributed by atoms with E-state index in [0.717, 1.165) is 13.0 Å². The van der Waals surface area contributed by atoms with Crippen molar-refractivity contribution < 1.29 is 9.84 Å². The Morgan fingerprint density at radius 3 is 2.71 bits per heavy atom. The maximum Gasteiger partial charge on any atom is 0.0863 e. The van der Waals surface area contributed by atoms with Crippen LogP contribution in [0.25, 0.3) is 0 Å². The van der Waals surface area contributed by atoms with Crippen LogP contribution in [0.2, 0.25) is 0 Å². The van der Waals surface area contributed by atoms with Crippen LogP contribution in [0.3, 0.4) is 0 Å². The van der Waals surface area contributed by atoms with E-state index in [9.17, 15) is 5.11 Å². The summed E-state index contributed by atoms with van der Waals surface area (Å²) < 4.78 is 5.60. The molecule has 2 heteroatoms. The van der Waals surface area contributed by atoms with Crippen molar-refractivity contribution >= 4 is 0 Å². The number of aliphatic hydroxyl groups is 1. The number of aryl methyl sites for hydroxylation is 2. The highest BCUT2D eigenvalue weighted by Gasteiger charge is 2.30. The van der Waals surface area contributed by atoms with Gasteiger partial charge < -0.3 is 9.84 Å². The number of aliphatic hydroxyl groups excluding tert-OH is 1. The van der Waals surface area contributed by atoms with Crippen LogP contribution < -0.4 is 0 Å². The summed E-state index contributed by atoms with van der Waals surface area (Å²) in [5.74, 6) is 0.469. The molecule has 0 bridgehead atoms. The Kier molecular flexibility index (Phi) is 3.85. The second-order valence-corrected chi connectivity index (χ2v) is 5.29. The summed E-state index contributed by atoms with van der Waals surface area (Å²) in [4.78, 5) is 0. The molecule has 94 valence electrons. The molecule has 1 fully saturated rings. The van der Waals surface area contributed by atoms with Crippen molar-refractivity contribution in [3.05, 3.63) is 34.9 Å². The lowest BCUT2D eigenvalue weighted by Crippen LogP contribution is -2.31. The molecule has 1 aromatic carbocycles. The molecule has 1 aliphatic rings. The SMILES string of the molecule is Cc1ccc(CC(O)C2OCCC2C)cc1C. The molecule has 0 radical (unpaired) electrons. The molecule has 17 heavy (non-hydrogen) atoms. The quantitative estimate of drug-likeness (QED) is 0.871. The zero-order chi connectivity index (χ0) is 12.4. The Hall–Kier alpha value is -0.860. The van der Waals surface area contributed by atoms with Gasteiger partial charge in [0.15, 0.2) is 0 Å². The fraction of sp³-hybridized carbons (Fsp3) is 0.600. The second-order valence-electron chi connectivity index (χ2n) is 5.29. The fourth-order valence-electron chi connectivity index (χ4n) is 2.50. The average molecular weight is 234 g/mol. The number of ether oxygens (including phenoxy) is 1. The highest BCUT2D eigenvalue weighted by molar-refractivity contribution is 5.30. The predicted octanol–water partition coefficient (Wildman–Crippen LogP) is 2.63. The van der Waals surface area contributed by atoms with Gasteiger partial charge in [-0.15, -0.1) is 0 Å². The van der Waals surface area contributed by atoms with E-state index in [1.165, 1.54) is 16.7 Å². The van der Waals surface area contributed by atoms with E-state index in [-0.39, 0.29) is 12.2 Å². The minimum atomic E-state index is -0.380. The van der Waals surface area contributed by atoms with Gasteiger partial charge in [-0.1, -0.05) is 25.1 Å². The van der Waals surface area contributed by atoms with E-state index >= 15 is 0 Å². The Morgan fingerprint density at radius 1 is 1.35 bits per heavy atom. The number of hydrogen-bond acceptors (Lipinski definition) is 2. The standard InChI is InChI=1S/C15H22O2/c1-10-4-5-13(8-12(10)3)9-14(16)15-11(2)6-7-17-15/h4-5,8,11,14-16H,6-7,9H2,1-3H3. The van der Waals surface area contributed by atoms with Gasteiger partial charge in [-0.3, -0.25) is 0 Å². The van der Waals surface area contributed by atoms with Gasteiger partial charge in [-0.05, 0) is 42.9 Å². The summed E-state index contributed by atoms with van der Waals surface area (Å²) in [6.07, 6.45) is 1.39. The van der Waals surface area contributed by atoms with Crippen LogP contribution in [0.4, 0.5) is 0 Å². The maximum atomic E-state index is 10.2. The van der Waals surface area contributed by atoms with Gasteiger partial charge in [-0.25, -0.2) is 0 Å². The monoisotopic (exact) mass is 234 g/mol. The summed E-state index contributed by atoms with van der Waals surface area (Å²) >= 11 is 0. The lowest BCUT2D eigenvalue weighted by molar-refractivity contribution is -0.0157. The Morgan fingerprint density at radius 2 is 2.12 bits per heavy atom. The zero-order valence-electron chi connectivity index (χ0n) is 10.9. The van der Waals surface area contributed by atoms with Crippen molar-refractivity contribution in [2.75, 3.05) is 6.61 Å². The third-order valence-corrected chi connectivity index (χ3v) is 3.84. The molecule has 0 aromatic heterocycles. The average Bonchev–Trinajstić information content (AvgIpc) is 2.70. The molecule has 1 aromatic rings. The molecule has 3 unspecified atom stereocenters. The highest BCUT2D eigenvalue weighted by atomic mass is 16.5. The minimum Gasteiger partial charge on any atom is -0.390 e. The Balaban J connectivity index is 2.02. The molecule has 1 N–H and O–H groups in total. The van der Waals surface area contributed by atoms with Crippen LogP contribution in [0, 0.1) is 19.8 Å². The van der Waals surface area contributed by atoms with Gasteiger partial charge in [0.05, 0.1) is 12.2 Å². The van der Waals surface area contributed by atoms with Crippen LogP contribution in [-0.2, 0) is 11.2 Å². The molecular formula is C15H22O2. The molecular weight excluding hydrogens is 212 g/mol. The van der Waals surface area contributed by atoms with Crippen molar-refractivity contribution in [3.8, 4) is 0 Å². The first-order valence-corrected chi connectivity index (χ1v) is 6.43.